The van der Waals surface area contributed by atoms with Gasteiger partial charge in [0.15, 0.2) is 6.10 Å². The average molecular weight is 1070 g/mol. The number of esters is 2. The molecule has 0 saturated heterocycles. The lowest BCUT2D eigenvalue weighted by Gasteiger charge is -2.19. The summed E-state index contributed by atoms with van der Waals surface area (Å²) in [4.78, 5) is 35.3. The van der Waals surface area contributed by atoms with Crippen LogP contribution < -0.4 is 5.73 Å². The Morgan fingerprint density at radius 1 is 0.392 bits per heavy atom. The Morgan fingerprint density at radius 2 is 0.662 bits per heavy atom. The van der Waals surface area contributed by atoms with Gasteiger partial charge in [-0.15, -0.1) is 0 Å². The lowest BCUT2D eigenvalue weighted by atomic mass is 10.0. The van der Waals surface area contributed by atoms with E-state index in [0.717, 1.165) is 32.1 Å². The number of hydrogen-bond donors (Lipinski definition) is 2. The highest BCUT2D eigenvalue weighted by molar-refractivity contribution is 7.47. The first kappa shape index (κ1) is 72.8. The molecule has 440 valence electrons. The van der Waals surface area contributed by atoms with Gasteiger partial charge in [-0.25, -0.2) is 4.57 Å². The fraction of sp³-hybridized carbons (Fsp3) is 0.938. The summed E-state index contributed by atoms with van der Waals surface area (Å²) >= 11 is 0. The number of allylic oxidation sites excluding steroid dienone is 2. The van der Waals surface area contributed by atoms with Crippen LogP contribution in [-0.2, 0) is 32.7 Å². The lowest BCUT2D eigenvalue weighted by Crippen LogP contribution is -2.29. The first-order valence-electron chi connectivity index (χ1n) is 32.7. The number of nitrogens with two attached hydrogens (primary N) is 1. The van der Waals surface area contributed by atoms with Crippen LogP contribution in [0.25, 0.3) is 0 Å². The molecule has 0 aromatic heterocycles. The van der Waals surface area contributed by atoms with Crippen LogP contribution in [0, 0.1) is 0 Å². The van der Waals surface area contributed by atoms with Crippen LogP contribution in [0.15, 0.2) is 12.2 Å². The minimum Gasteiger partial charge on any atom is -0.462 e. The third kappa shape index (κ3) is 60.0. The van der Waals surface area contributed by atoms with Crippen molar-refractivity contribution in [2.75, 3.05) is 26.4 Å². The van der Waals surface area contributed by atoms with Crippen molar-refractivity contribution in [2.24, 2.45) is 5.73 Å². The minimum absolute atomic E-state index is 0.0572. The quantitative estimate of drug-likeness (QED) is 0.0264. The fourth-order valence-electron chi connectivity index (χ4n) is 10.0. The highest BCUT2D eigenvalue weighted by atomic mass is 31.2. The van der Waals surface area contributed by atoms with E-state index in [0.29, 0.717) is 6.42 Å². The number of phosphoric ester groups is 1. The number of carbonyl (C=O) groups excluding carboxylic acids is 2. The molecule has 10 heteroatoms. The number of phosphoric acid groups is 1. The molecule has 0 radical (unpaired) electrons. The number of ether oxygens (including phenoxy) is 2. The van der Waals surface area contributed by atoms with Gasteiger partial charge in [0.1, 0.15) is 6.61 Å². The van der Waals surface area contributed by atoms with Crippen molar-refractivity contribution in [3.8, 4) is 0 Å². The smallest absolute Gasteiger partial charge is 0.462 e. The second-order valence-electron chi connectivity index (χ2n) is 22.3. The summed E-state index contributed by atoms with van der Waals surface area (Å²) in [6.07, 6.45) is 71.5. The van der Waals surface area contributed by atoms with Gasteiger partial charge >= 0.3 is 19.8 Å². The summed E-state index contributed by atoms with van der Waals surface area (Å²) in [6, 6.07) is 0. The molecule has 0 amide bonds. The Labute approximate surface area is 460 Å². The van der Waals surface area contributed by atoms with Crippen LogP contribution in [0.3, 0.4) is 0 Å². The van der Waals surface area contributed by atoms with E-state index in [2.05, 4.69) is 26.0 Å². The van der Waals surface area contributed by atoms with E-state index >= 15 is 0 Å². The minimum atomic E-state index is -4.39. The van der Waals surface area contributed by atoms with E-state index in [1.165, 1.54) is 289 Å². The molecular weight excluding hydrogens is 942 g/mol. The average Bonchev–Trinajstić information content (AvgIpc) is 3.39. The molecule has 0 fully saturated rings. The summed E-state index contributed by atoms with van der Waals surface area (Å²) in [5.41, 5.74) is 5.39. The molecule has 2 unspecified atom stereocenters. The summed E-state index contributed by atoms with van der Waals surface area (Å²) < 4.78 is 33.1. The number of rotatable bonds is 63. The molecule has 9 nitrogen and oxygen atoms in total. The predicted octanol–water partition coefficient (Wildman–Crippen LogP) is 20.8. The van der Waals surface area contributed by atoms with Crippen LogP contribution in [0.4, 0.5) is 0 Å². The summed E-state index contributed by atoms with van der Waals surface area (Å²) in [5, 5.41) is 0. The van der Waals surface area contributed by atoms with Crippen molar-refractivity contribution in [2.45, 2.75) is 360 Å². The van der Waals surface area contributed by atoms with Crippen molar-refractivity contribution in [1.29, 1.82) is 0 Å². The van der Waals surface area contributed by atoms with Gasteiger partial charge in [-0.2, -0.15) is 0 Å². The zero-order valence-corrected chi connectivity index (χ0v) is 50.3. The van der Waals surface area contributed by atoms with Gasteiger partial charge in [0, 0.05) is 19.4 Å². The highest BCUT2D eigenvalue weighted by Gasteiger charge is 2.26. The maximum atomic E-state index is 12.7. The highest BCUT2D eigenvalue weighted by Crippen LogP contribution is 2.43. The Morgan fingerprint density at radius 3 is 0.959 bits per heavy atom. The Balaban J connectivity index is 3.85. The fourth-order valence-corrected chi connectivity index (χ4v) is 10.8. The Hall–Kier alpha value is -1.25. The molecule has 0 aliphatic heterocycles. The van der Waals surface area contributed by atoms with E-state index in [-0.39, 0.29) is 38.6 Å². The maximum Gasteiger partial charge on any atom is 0.472 e. The molecule has 0 rings (SSSR count). The molecule has 0 aromatic carbocycles. The van der Waals surface area contributed by atoms with Crippen molar-refractivity contribution >= 4 is 19.8 Å². The van der Waals surface area contributed by atoms with Gasteiger partial charge in [0.05, 0.1) is 13.2 Å². The van der Waals surface area contributed by atoms with Crippen molar-refractivity contribution in [1.82, 2.24) is 0 Å². The van der Waals surface area contributed by atoms with E-state index in [4.69, 9.17) is 24.3 Å². The first-order valence-corrected chi connectivity index (χ1v) is 34.2. The van der Waals surface area contributed by atoms with Crippen molar-refractivity contribution < 1.29 is 37.6 Å². The van der Waals surface area contributed by atoms with Gasteiger partial charge in [0.2, 0.25) is 0 Å². The van der Waals surface area contributed by atoms with Gasteiger partial charge in [0.25, 0.3) is 0 Å². The third-order valence-electron chi connectivity index (χ3n) is 14.9. The van der Waals surface area contributed by atoms with Crippen LogP contribution in [0.5, 0.6) is 0 Å². The molecule has 0 aliphatic carbocycles. The molecule has 0 bridgehead atoms. The summed E-state index contributed by atoms with van der Waals surface area (Å²) in [6.45, 7) is 3.83. The van der Waals surface area contributed by atoms with Gasteiger partial charge in [-0.1, -0.05) is 315 Å². The first-order chi connectivity index (χ1) is 36.3. The molecule has 0 aliphatic rings. The van der Waals surface area contributed by atoms with Crippen LogP contribution in [0.1, 0.15) is 354 Å². The van der Waals surface area contributed by atoms with E-state index < -0.39 is 26.5 Å². The maximum absolute atomic E-state index is 12.7. The van der Waals surface area contributed by atoms with E-state index in [9.17, 15) is 19.0 Å². The molecule has 0 aromatic rings. The molecule has 3 N–H and O–H groups in total. The van der Waals surface area contributed by atoms with Crippen LogP contribution >= 0.6 is 7.82 Å². The van der Waals surface area contributed by atoms with Crippen LogP contribution in [-0.4, -0.2) is 49.3 Å². The number of unbranched alkanes of at least 4 members (excludes halogenated alkanes) is 48. The van der Waals surface area contributed by atoms with Crippen molar-refractivity contribution in [3.63, 3.8) is 0 Å². The Kier molecular flexibility index (Phi) is 59.9. The molecule has 0 heterocycles. The van der Waals surface area contributed by atoms with Gasteiger partial charge < -0.3 is 20.1 Å². The monoisotopic (exact) mass is 1070 g/mol. The normalized spacial score (nSPS) is 13.0. The molecule has 74 heavy (non-hydrogen) atoms. The molecule has 2 atom stereocenters. The van der Waals surface area contributed by atoms with E-state index in [1.807, 2.05) is 0 Å². The number of carbonyl (C=O) groups is 2. The standard InChI is InChI=1S/C64H126NO8P/c1-3-5-7-9-11-13-15-17-19-21-23-25-27-29-30-31-33-34-36-38-40-42-44-46-48-50-52-54-56-63(66)70-60-62(61-72-74(68,69)71-59-58-65)73-64(67)57-55-53-51-49-47-45-43-41-39-37-35-32-28-26-24-22-20-18-16-14-12-10-8-6-4-2/h22,24,62H,3-21,23,25-61,65H2,1-2H3,(H,68,69)/b24-22-. The summed E-state index contributed by atoms with van der Waals surface area (Å²) in [5.74, 6) is -0.804. The largest absolute Gasteiger partial charge is 0.472 e. The predicted molar refractivity (Wildman–Crippen MR) is 317 cm³/mol. The zero-order valence-electron chi connectivity index (χ0n) is 49.4. The van der Waals surface area contributed by atoms with Crippen molar-refractivity contribution in [3.05, 3.63) is 12.2 Å². The second-order valence-corrected chi connectivity index (χ2v) is 23.8. The number of hydrogen-bond acceptors (Lipinski definition) is 8. The third-order valence-corrected chi connectivity index (χ3v) is 15.9. The second kappa shape index (κ2) is 61.0. The molecular formula is C64H126NO8P. The van der Waals surface area contributed by atoms with Gasteiger partial charge in [-0.3, -0.25) is 18.6 Å². The SMILES string of the molecule is CCCCCCCCCC/C=C\CCCCCCCCCCCCCCCC(=O)OC(COC(=O)CCCCCCCCCCCCCCCCCCCCCCCCCCCCCC)COP(=O)(O)OCCN. The zero-order chi connectivity index (χ0) is 53.8. The lowest BCUT2D eigenvalue weighted by molar-refractivity contribution is -0.161. The molecule has 0 saturated carbocycles. The molecule has 0 spiro atoms. The van der Waals surface area contributed by atoms with E-state index in [1.54, 1.807) is 0 Å². The van der Waals surface area contributed by atoms with Crippen LogP contribution in [0.2, 0.25) is 0 Å². The summed E-state index contributed by atoms with van der Waals surface area (Å²) in [7, 11) is -4.39. The van der Waals surface area contributed by atoms with Gasteiger partial charge in [-0.05, 0) is 38.5 Å². The Bertz CT molecular complexity index is 1220. The topological polar surface area (TPSA) is 134 Å².